The molecule has 0 aliphatic carbocycles. The Bertz CT molecular complexity index is 618. The monoisotopic (exact) mass is 301 g/mol. The van der Waals surface area contributed by atoms with Crippen LogP contribution >= 0.6 is 0 Å². The van der Waals surface area contributed by atoms with Gasteiger partial charge in [-0.2, -0.15) is 0 Å². The van der Waals surface area contributed by atoms with Crippen LogP contribution in [-0.4, -0.2) is 37.5 Å². The molecule has 2 rings (SSSR count). The van der Waals surface area contributed by atoms with E-state index in [1.165, 1.54) is 16.4 Å². The van der Waals surface area contributed by atoms with Crippen LogP contribution in [0.15, 0.2) is 18.2 Å². The van der Waals surface area contributed by atoms with Gasteiger partial charge in [0.1, 0.15) is 5.82 Å². The first-order chi connectivity index (χ1) is 9.38. The highest BCUT2D eigenvalue weighted by Crippen LogP contribution is 2.19. The lowest BCUT2D eigenvalue weighted by atomic mass is 10.2. The Morgan fingerprint density at radius 3 is 2.80 bits per heavy atom. The molecule has 1 aliphatic rings. The zero-order valence-corrected chi connectivity index (χ0v) is 11.6. The normalized spacial score (nSPS) is 18.1. The number of hydrogen-bond acceptors (Lipinski definition) is 4. The van der Waals surface area contributed by atoms with Gasteiger partial charge in [-0.1, -0.05) is 0 Å². The maximum atomic E-state index is 12.9. The number of carbonyl (C=O) groups is 1. The highest BCUT2D eigenvalue weighted by atomic mass is 32.2. The lowest BCUT2D eigenvalue weighted by Crippen LogP contribution is -2.29. The van der Waals surface area contributed by atoms with Crippen LogP contribution in [0, 0.1) is 5.82 Å². The number of nitrogens with two attached hydrogens (primary N) is 1. The number of amides is 1. The zero-order chi connectivity index (χ0) is 14.8. The average Bonchev–Trinajstić information content (AvgIpc) is 2.69. The van der Waals surface area contributed by atoms with Gasteiger partial charge in [-0.05, 0) is 24.6 Å². The zero-order valence-electron chi connectivity index (χ0n) is 10.8. The number of rotatable bonds is 4. The van der Waals surface area contributed by atoms with Crippen LogP contribution in [0.2, 0.25) is 0 Å². The lowest BCUT2D eigenvalue weighted by molar-refractivity contribution is -0.116. The van der Waals surface area contributed by atoms with Gasteiger partial charge < -0.3 is 11.1 Å². The van der Waals surface area contributed by atoms with Gasteiger partial charge in [-0.15, -0.1) is 0 Å². The second-order valence-corrected chi connectivity index (χ2v) is 6.69. The molecule has 0 spiro atoms. The Hall–Kier alpha value is -1.67. The summed E-state index contributed by atoms with van der Waals surface area (Å²) in [7, 11) is -3.19. The van der Waals surface area contributed by atoms with E-state index in [0.29, 0.717) is 18.7 Å². The van der Waals surface area contributed by atoms with Crippen molar-refractivity contribution in [2.24, 2.45) is 0 Å². The van der Waals surface area contributed by atoms with E-state index in [4.69, 9.17) is 5.73 Å². The molecule has 110 valence electrons. The Kier molecular flexibility index (Phi) is 4.24. The third-order valence-electron chi connectivity index (χ3n) is 3.08. The second kappa shape index (κ2) is 5.76. The average molecular weight is 301 g/mol. The second-order valence-electron chi connectivity index (χ2n) is 4.60. The molecule has 3 N–H and O–H groups in total. The van der Waals surface area contributed by atoms with E-state index in [-0.39, 0.29) is 30.3 Å². The van der Waals surface area contributed by atoms with Crippen LogP contribution < -0.4 is 11.1 Å². The van der Waals surface area contributed by atoms with E-state index in [1.807, 2.05) is 0 Å². The first kappa shape index (κ1) is 14.7. The number of carbonyl (C=O) groups excluding carboxylic acids is 1. The van der Waals surface area contributed by atoms with Crippen LogP contribution in [0.3, 0.4) is 0 Å². The molecular weight excluding hydrogens is 285 g/mol. The van der Waals surface area contributed by atoms with Crippen molar-refractivity contribution in [1.29, 1.82) is 0 Å². The summed E-state index contributed by atoms with van der Waals surface area (Å²) in [4.78, 5) is 11.7. The quantitative estimate of drug-likeness (QED) is 0.804. The van der Waals surface area contributed by atoms with Gasteiger partial charge in [0.25, 0.3) is 0 Å². The summed E-state index contributed by atoms with van der Waals surface area (Å²) in [6.45, 7) is 0.601. The minimum atomic E-state index is -3.19. The molecule has 0 radical (unpaired) electrons. The Morgan fingerprint density at radius 2 is 2.20 bits per heavy atom. The van der Waals surface area contributed by atoms with Gasteiger partial charge in [0, 0.05) is 19.5 Å². The molecule has 1 aromatic rings. The number of nitrogens with one attached hydrogen (secondary N) is 1. The van der Waals surface area contributed by atoms with Crippen molar-refractivity contribution in [3.05, 3.63) is 24.0 Å². The third-order valence-corrected chi connectivity index (χ3v) is 5.04. The molecule has 1 fully saturated rings. The molecule has 20 heavy (non-hydrogen) atoms. The van der Waals surface area contributed by atoms with Gasteiger partial charge >= 0.3 is 0 Å². The van der Waals surface area contributed by atoms with E-state index in [1.54, 1.807) is 0 Å². The van der Waals surface area contributed by atoms with Crippen molar-refractivity contribution in [2.45, 2.75) is 12.8 Å². The molecule has 0 bridgehead atoms. The van der Waals surface area contributed by atoms with Crippen molar-refractivity contribution in [1.82, 2.24) is 4.31 Å². The van der Waals surface area contributed by atoms with E-state index < -0.39 is 15.8 Å². The molecule has 1 aromatic carbocycles. The number of hydrogen-bond donors (Lipinski definition) is 2. The van der Waals surface area contributed by atoms with Crippen LogP contribution in [0.5, 0.6) is 0 Å². The third kappa shape index (κ3) is 3.45. The minimum absolute atomic E-state index is 0.0377. The van der Waals surface area contributed by atoms with Crippen molar-refractivity contribution in [3.63, 3.8) is 0 Å². The van der Waals surface area contributed by atoms with Crippen molar-refractivity contribution in [3.8, 4) is 0 Å². The minimum Gasteiger partial charge on any atom is -0.397 e. The van der Waals surface area contributed by atoms with E-state index in [2.05, 4.69) is 5.32 Å². The van der Waals surface area contributed by atoms with Crippen LogP contribution in [0.4, 0.5) is 15.8 Å². The summed E-state index contributed by atoms with van der Waals surface area (Å²) in [6, 6.07) is 3.67. The molecule has 6 nitrogen and oxygen atoms in total. The van der Waals surface area contributed by atoms with Crippen molar-refractivity contribution in [2.75, 3.05) is 29.9 Å². The Morgan fingerprint density at radius 1 is 1.45 bits per heavy atom. The SMILES string of the molecule is Nc1cc(F)ccc1NC(=O)CCN1CCCS1(=O)=O. The Labute approximate surface area is 116 Å². The van der Waals surface area contributed by atoms with Gasteiger partial charge in [-0.25, -0.2) is 17.1 Å². The summed E-state index contributed by atoms with van der Waals surface area (Å²) < 4.78 is 37.3. The molecule has 0 saturated carbocycles. The number of nitrogen functional groups attached to an aromatic ring is 1. The fraction of sp³-hybridized carbons (Fsp3) is 0.417. The molecule has 0 unspecified atom stereocenters. The molecule has 0 aromatic heterocycles. The van der Waals surface area contributed by atoms with Gasteiger partial charge in [0.05, 0.1) is 17.1 Å². The van der Waals surface area contributed by atoms with E-state index in [9.17, 15) is 17.6 Å². The maximum absolute atomic E-state index is 12.9. The Balaban J connectivity index is 1.90. The summed E-state index contributed by atoms with van der Waals surface area (Å²) in [5.74, 6) is -0.700. The van der Waals surface area contributed by atoms with Crippen LogP contribution in [0.25, 0.3) is 0 Å². The fourth-order valence-corrected chi connectivity index (χ4v) is 3.56. The number of sulfonamides is 1. The van der Waals surface area contributed by atoms with E-state index >= 15 is 0 Å². The topological polar surface area (TPSA) is 92.5 Å². The molecule has 1 saturated heterocycles. The van der Waals surface area contributed by atoms with E-state index in [0.717, 1.165) is 6.07 Å². The summed E-state index contributed by atoms with van der Waals surface area (Å²) in [6.07, 6.45) is 0.630. The molecule has 0 atom stereocenters. The summed E-state index contributed by atoms with van der Waals surface area (Å²) in [5.41, 5.74) is 6.02. The van der Waals surface area contributed by atoms with Crippen LogP contribution in [0.1, 0.15) is 12.8 Å². The van der Waals surface area contributed by atoms with Gasteiger partial charge in [-0.3, -0.25) is 4.79 Å². The van der Waals surface area contributed by atoms with Gasteiger partial charge in [0.2, 0.25) is 15.9 Å². The standard InChI is InChI=1S/C12H16FN3O3S/c13-9-2-3-11(10(14)8-9)15-12(17)4-6-16-5-1-7-20(16,18)19/h2-3,8H,1,4-7,14H2,(H,15,17). The molecule has 1 aliphatic heterocycles. The number of nitrogens with zero attached hydrogens (tertiary/aromatic N) is 1. The highest BCUT2D eigenvalue weighted by Gasteiger charge is 2.28. The largest absolute Gasteiger partial charge is 0.397 e. The summed E-state index contributed by atoms with van der Waals surface area (Å²) in [5, 5.41) is 2.54. The highest BCUT2D eigenvalue weighted by molar-refractivity contribution is 7.89. The maximum Gasteiger partial charge on any atom is 0.225 e. The molecule has 1 heterocycles. The molecule has 1 amide bonds. The molecule has 8 heteroatoms. The predicted octanol–water partition coefficient (Wildman–Crippen LogP) is 0.772. The fourth-order valence-electron chi connectivity index (χ4n) is 2.03. The van der Waals surface area contributed by atoms with Crippen molar-refractivity contribution >= 4 is 27.3 Å². The number of benzene rings is 1. The van der Waals surface area contributed by atoms with Crippen LogP contribution in [-0.2, 0) is 14.8 Å². The first-order valence-corrected chi connectivity index (χ1v) is 7.82. The smallest absolute Gasteiger partial charge is 0.225 e. The lowest BCUT2D eigenvalue weighted by Gasteiger charge is -2.14. The summed E-state index contributed by atoms with van der Waals surface area (Å²) >= 11 is 0. The first-order valence-electron chi connectivity index (χ1n) is 6.21. The van der Waals surface area contributed by atoms with Crippen molar-refractivity contribution < 1.29 is 17.6 Å². The number of halogens is 1. The molecular formula is C12H16FN3O3S. The number of anilines is 2. The van der Waals surface area contributed by atoms with Gasteiger partial charge in [0.15, 0.2) is 0 Å². The predicted molar refractivity (Wildman–Crippen MR) is 74.0 cm³/mol.